The van der Waals surface area contributed by atoms with Crippen molar-refractivity contribution in [2.75, 3.05) is 25.0 Å². The van der Waals surface area contributed by atoms with Crippen LogP contribution in [-0.2, 0) is 4.79 Å². The summed E-state index contributed by atoms with van der Waals surface area (Å²) in [6, 6.07) is 10.2. The van der Waals surface area contributed by atoms with Gasteiger partial charge in [0.25, 0.3) is 5.91 Å². The summed E-state index contributed by atoms with van der Waals surface area (Å²) in [4.78, 5) is 34.0. The summed E-state index contributed by atoms with van der Waals surface area (Å²) < 4.78 is 0. The number of hydrogen-bond donors (Lipinski definition) is 3. The minimum absolute atomic E-state index is 0.0969. The molecule has 1 aliphatic rings. The van der Waals surface area contributed by atoms with E-state index in [1.165, 1.54) is 0 Å². The molecule has 0 saturated carbocycles. The van der Waals surface area contributed by atoms with Crippen LogP contribution in [0.2, 0.25) is 0 Å². The predicted molar refractivity (Wildman–Crippen MR) is 95.4 cm³/mol. The zero-order valence-corrected chi connectivity index (χ0v) is 14.2. The number of carbonyl (C=O) groups excluding carboxylic acids is 2. The lowest BCUT2D eigenvalue weighted by atomic mass is 10.0. The molecule has 2 heterocycles. The number of aromatic nitrogens is 2. The van der Waals surface area contributed by atoms with E-state index in [4.69, 9.17) is 0 Å². The van der Waals surface area contributed by atoms with Gasteiger partial charge in [0.1, 0.15) is 0 Å². The molecule has 0 aliphatic carbocycles. The van der Waals surface area contributed by atoms with Crippen molar-refractivity contribution in [3.05, 3.63) is 54.4 Å². The number of nitrogens with zero attached hydrogens (tertiary/aromatic N) is 3. The summed E-state index contributed by atoms with van der Waals surface area (Å²) in [6.07, 6.45) is 3.07. The Balaban J connectivity index is 1.47. The van der Waals surface area contributed by atoms with E-state index in [9.17, 15) is 14.7 Å². The number of amides is 2. The lowest BCUT2D eigenvalue weighted by Crippen LogP contribution is -2.53. The number of β-amino-alcohol motifs (C(OH)–C–C–N with tert-alkyl or cyclic N) is 1. The molecule has 0 unspecified atom stereocenters. The van der Waals surface area contributed by atoms with Gasteiger partial charge in [-0.3, -0.25) is 9.59 Å². The van der Waals surface area contributed by atoms with Crippen LogP contribution in [0.5, 0.6) is 0 Å². The number of likely N-dealkylation sites (tertiary alicyclic amines) is 1. The molecule has 2 atom stereocenters. The fourth-order valence-corrected chi connectivity index (χ4v) is 2.83. The van der Waals surface area contributed by atoms with Gasteiger partial charge in [-0.05, 0) is 24.6 Å². The maximum Gasteiger partial charge on any atom is 0.251 e. The summed E-state index contributed by atoms with van der Waals surface area (Å²) >= 11 is 0. The van der Waals surface area contributed by atoms with Gasteiger partial charge in [0.15, 0.2) is 0 Å². The number of carbonyl (C=O) groups is 2. The van der Waals surface area contributed by atoms with Crippen LogP contribution in [0.3, 0.4) is 0 Å². The Morgan fingerprint density at radius 2 is 1.88 bits per heavy atom. The van der Waals surface area contributed by atoms with Gasteiger partial charge in [-0.25, -0.2) is 9.97 Å². The molecule has 8 nitrogen and oxygen atoms in total. The SMILES string of the molecule is O=C(NCC(=O)N1CC[C@H](Nc2ncccn2)[C@@H](O)C1)c1ccccc1. The molecule has 2 aromatic rings. The molecule has 136 valence electrons. The smallest absolute Gasteiger partial charge is 0.251 e. The molecule has 1 aromatic carbocycles. The van der Waals surface area contributed by atoms with Crippen LogP contribution in [0.15, 0.2) is 48.8 Å². The fourth-order valence-electron chi connectivity index (χ4n) is 2.83. The van der Waals surface area contributed by atoms with Crippen molar-refractivity contribution in [2.45, 2.75) is 18.6 Å². The molecule has 1 aliphatic heterocycles. The van der Waals surface area contributed by atoms with Crippen molar-refractivity contribution < 1.29 is 14.7 Å². The van der Waals surface area contributed by atoms with Crippen LogP contribution in [0, 0.1) is 0 Å². The Morgan fingerprint density at radius 3 is 2.58 bits per heavy atom. The Hall–Kier alpha value is -3.00. The quantitative estimate of drug-likeness (QED) is 0.711. The number of aliphatic hydroxyl groups is 1. The molecule has 26 heavy (non-hydrogen) atoms. The van der Waals surface area contributed by atoms with E-state index < -0.39 is 6.10 Å². The average Bonchev–Trinajstić information content (AvgIpc) is 2.69. The summed E-state index contributed by atoms with van der Waals surface area (Å²) in [6.45, 7) is 0.590. The van der Waals surface area contributed by atoms with Crippen molar-refractivity contribution in [3.63, 3.8) is 0 Å². The highest BCUT2D eigenvalue weighted by molar-refractivity contribution is 5.96. The first-order valence-corrected chi connectivity index (χ1v) is 8.46. The standard InChI is InChI=1S/C18H21N5O3/c24-15-12-23(10-7-14(15)22-18-19-8-4-9-20-18)16(25)11-21-17(26)13-5-2-1-3-6-13/h1-6,8-9,14-15,24H,7,10-12H2,(H,21,26)(H,19,20,22)/t14-,15-/m0/s1. The van der Waals surface area contributed by atoms with E-state index in [0.29, 0.717) is 24.5 Å². The molecular formula is C18H21N5O3. The molecule has 8 heteroatoms. The zero-order valence-electron chi connectivity index (χ0n) is 14.2. The van der Waals surface area contributed by atoms with Crippen LogP contribution in [0.1, 0.15) is 16.8 Å². The van der Waals surface area contributed by atoms with Crippen LogP contribution >= 0.6 is 0 Å². The van der Waals surface area contributed by atoms with Crippen molar-refractivity contribution in [3.8, 4) is 0 Å². The highest BCUT2D eigenvalue weighted by atomic mass is 16.3. The zero-order chi connectivity index (χ0) is 18.4. The van der Waals surface area contributed by atoms with Gasteiger partial charge in [0, 0.05) is 31.0 Å². The van der Waals surface area contributed by atoms with Crippen LogP contribution in [-0.4, -0.2) is 63.6 Å². The molecule has 3 rings (SSSR count). The topological polar surface area (TPSA) is 107 Å². The number of piperidine rings is 1. The molecule has 3 N–H and O–H groups in total. The molecule has 1 saturated heterocycles. The van der Waals surface area contributed by atoms with E-state index in [-0.39, 0.29) is 30.9 Å². The summed E-state index contributed by atoms with van der Waals surface area (Å²) in [7, 11) is 0. The maximum absolute atomic E-state index is 12.3. The first-order chi connectivity index (χ1) is 12.6. The van der Waals surface area contributed by atoms with Gasteiger partial charge < -0.3 is 20.6 Å². The Morgan fingerprint density at radius 1 is 1.15 bits per heavy atom. The minimum atomic E-state index is -0.735. The second kappa shape index (κ2) is 8.39. The highest BCUT2D eigenvalue weighted by Crippen LogP contribution is 2.14. The average molecular weight is 355 g/mol. The first kappa shape index (κ1) is 17.8. The Bertz CT molecular complexity index is 741. The summed E-state index contributed by atoms with van der Waals surface area (Å²) in [5.74, 6) is -0.0635. The monoisotopic (exact) mass is 355 g/mol. The molecular weight excluding hydrogens is 334 g/mol. The van der Waals surface area contributed by atoms with Gasteiger partial charge in [0.2, 0.25) is 11.9 Å². The van der Waals surface area contributed by atoms with E-state index in [1.807, 2.05) is 6.07 Å². The second-order valence-corrected chi connectivity index (χ2v) is 6.07. The molecule has 1 fully saturated rings. The number of anilines is 1. The molecule has 0 bridgehead atoms. The normalized spacial score (nSPS) is 19.7. The van der Waals surface area contributed by atoms with Crippen molar-refractivity contribution in [1.82, 2.24) is 20.2 Å². The van der Waals surface area contributed by atoms with Gasteiger partial charge in [-0.15, -0.1) is 0 Å². The molecule has 2 amide bonds. The number of benzene rings is 1. The number of hydrogen-bond acceptors (Lipinski definition) is 6. The maximum atomic E-state index is 12.3. The second-order valence-electron chi connectivity index (χ2n) is 6.07. The van der Waals surface area contributed by atoms with Crippen LogP contribution in [0.25, 0.3) is 0 Å². The Labute approximate surface area is 151 Å². The van der Waals surface area contributed by atoms with Crippen molar-refractivity contribution in [2.24, 2.45) is 0 Å². The van der Waals surface area contributed by atoms with E-state index in [1.54, 1.807) is 47.6 Å². The van der Waals surface area contributed by atoms with Crippen LogP contribution in [0.4, 0.5) is 5.95 Å². The number of rotatable bonds is 5. The summed E-state index contributed by atoms with van der Waals surface area (Å²) in [5, 5.41) is 16.0. The highest BCUT2D eigenvalue weighted by Gasteiger charge is 2.30. The van der Waals surface area contributed by atoms with Crippen molar-refractivity contribution in [1.29, 1.82) is 0 Å². The van der Waals surface area contributed by atoms with Gasteiger partial charge in [-0.2, -0.15) is 0 Å². The lowest BCUT2D eigenvalue weighted by molar-refractivity contribution is -0.133. The van der Waals surface area contributed by atoms with E-state index >= 15 is 0 Å². The van der Waals surface area contributed by atoms with Gasteiger partial charge in [0.05, 0.1) is 18.7 Å². The lowest BCUT2D eigenvalue weighted by Gasteiger charge is -2.36. The third-order valence-corrected chi connectivity index (χ3v) is 4.25. The number of aliphatic hydroxyl groups excluding tert-OH is 1. The largest absolute Gasteiger partial charge is 0.389 e. The molecule has 0 spiro atoms. The molecule has 0 radical (unpaired) electrons. The van der Waals surface area contributed by atoms with Gasteiger partial charge >= 0.3 is 0 Å². The Kier molecular flexibility index (Phi) is 5.75. The van der Waals surface area contributed by atoms with Crippen LogP contribution < -0.4 is 10.6 Å². The minimum Gasteiger partial charge on any atom is -0.389 e. The van der Waals surface area contributed by atoms with Gasteiger partial charge in [-0.1, -0.05) is 18.2 Å². The first-order valence-electron chi connectivity index (χ1n) is 8.46. The van der Waals surface area contributed by atoms with Crippen molar-refractivity contribution >= 4 is 17.8 Å². The fraction of sp³-hybridized carbons (Fsp3) is 0.333. The third kappa shape index (κ3) is 4.54. The number of nitrogens with one attached hydrogen (secondary N) is 2. The molecule has 1 aromatic heterocycles. The van der Waals surface area contributed by atoms with E-state index in [2.05, 4.69) is 20.6 Å². The summed E-state index contributed by atoms with van der Waals surface area (Å²) in [5.41, 5.74) is 0.506. The van der Waals surface area contributed by atoms with E-state index in [0.717, 1.165) is 0 Å². The predicted octanol–water partition coefficient (Wildman–Crippen LogP) is 0.280. The third-order valence-electron chi connectivity index (χ3n) is 4.25.